The molecule has 2 N–H and O–H groups in total. The van der Waals surface area contributed by atoms with Crippen molar-refractivity contribution in [1.82, 2.24) is 10.6 Å². The lowest BCUT2D eigenvalue weighted by atomic mass is 10.00. The van der Waals surface area contributed by atoms with E-state index in [2.05, 4.69) is 48.7 Å². The van der Waals surface area contributed by atoms with Crippen LogP contribution in [0.2, 0.25) is 0 Å². The van der Waals surface area contributed by atoms with Crippen LogP contribution in [-0.2, 0) is 16.0 Å². The van der Waals surface area contributed by atoms with E-state index in [0.29, 0.717) is 12.3 Å². The fraction of sp³-hybridized carbons (Fsp3) is 0.556. The molecule has 0 aliphatic rings. The van der Waals surface area contributed by atoms with Gasteiger partial charge in [0.05, 0.1) is 12.6 Å². The van der Waals surface area contributed by atoms with Gasteiger partial charge in [0.25, 0.3) is 0 Å². The van der Waals surface area contributed by atoms with Crippen LogP contribution >= 0.6 is 0 Å². The molecule has 0 heterocycles. The first kappa shape index (κ1) is 18.2. The van der Waals surface area contributed by atoms with Gasteiger partial charge in [0.2, 0.25) is 11.8 Å². The summed E-state index contributed by atoms with van der Waals surface area (Å²) in [6.45, 7) is 8.32. The van der Waals surface area contributed by atoms with Crippen molar-refractivity contribution < 1.29 is 9.59 Å². The molecule has 2 amide bonds. The lowest BCUT2D eigenvalue weighted by Gasteiger charge is -2.15. The second kappa shape index (κ2) is 9.23. The highest BCUT2D eigenvalue weighted by molar-refractivity contribution is 5.84. The molecule has 122 valence electrons. The van der Waals surface area contributed by atoms with E-state index in [9.17, 15) is 9.59 Å². The van der Waals surface area contributed by atoms with E-state index in [1.165, 1.54) is 5.56 Å². The van der Waals surface area contributed by atoms with Crippen molar-refractivity contribution in [3.63, 3.8) is 0 Å². The molecule has 1 atom stereocenters. The molecule has 0 aromatic heterocycles. The maximum absolute atomic E-state index is 11.8. The fourth-order valence-corrected chi connectivity index (χ4v) is 2.28. The van der Waals surface area contributed by atoms with Crippen molar-refractivity contribution >= 4 is 11.8 Å². The monoisotopic (exact) mass is 304 g/mol. The van der Waals surface area contributed by atoms with Crippen LogP contribution in [0, 0.1) is 5.92 Å². The number of carbonyl (C=O) groups is 2. The topological polar surface area (TPSA) is 58.2 Å². The summed E-state index contributed by atoms with van der Waals surface area (Å²) in [6.07, 6.45) is 2.30. The third kappa shape index (κ3) is 6.74. The molecule has 0 fully saturated rings. The predicted molar refractivity (Wildman–Crippen MR) is 89.5 cm³/mol. The molecule has 0 spiro atoms. The molecule has 0 saturated heterocycles. The van der Waals surface area contributed by atoms with Crippen LogP contribution in [0.3, 0.4) is 0 Å². The smallest absolute Gasteiger partial charge is 0.239 e. The third-order valence-corrected chi connectivity index (χ3v) is 3.42. The Bertz CT molecular complexity index is 480. The average molecular weight is 304 g/mol. The van der Waals surface area contributed by atoms with Gasteiger partial charge in [-0.05, 0) is 36.8 Å². The first-order valence-corrected chi connectivity index (χ1v) is 8.07. The zero-order chi connectivity index (χ0) is 16.5. The number of hydrogen-bond acceptors (Lipinski definition) is 2. The zero-order valence-corrected chi connectivity index (χ0v) is 14.1. The SMILES string of the molecule is CCCC(=O)NCC(=O)N[C@H](C)c1ccc(CC(C)C)cc1. The normalized spacial score (nSPS) is 12.0. The highest BCUT2D eigenvalue weighted by atomic mass is 16.2. The summed E-state index contributed by atoms with van der Waals surface area (Å²) in [6, 6.07) is 8.27. The molecule has 1 aromatic rings. The number of carbonyl (C=O) groups excluding carboxylic acids is 2. The minimum atomic E-state index is -0.164. The Labute approximate surface area is 133 Å². The van der Waals surface area contributed by atoms with E-state index in [4.69, 9.17) is 0 Å². The molecule has 0 bridgehead atoms. The van der Waals surface area contributed by atoms with Gasteiger partial charge in [-0.3, -0.25) is 9.59 Å². The molecule has 0 aliphatic carbocycles. The standard InChI is InChI=1S/C18H28N2O2/c1-5-6-17(21)19-12-18(22)20-14(4)16-9-7-15(8-10-16)11-13(2)3/h7-10,13-14H,5-6,11-12H2,1-4H3,(H,19,21)(H,20,22)/t14-/m1/s1. The van der Waals surface area contributed by atoms with Crippen molar-refractivity contribution in [2.24, 2.45) is 5.92 Å². The van der Waals surface area contributed by atoms with Crippen molar-refractivity contribution in [2.45, 2.75) is 53.0 Å². The number of nitrogens with one attached hydrogen (secondary N) is 2. The van der Waals surface area contributed by atoms with Crippen LogP contribution in [0.4, 0.5) is 0 Å². The predicted octanol–water partition coefficient (Wildman–Crippen LogP) is 2.98. The first-order valence-electron chi connectivity index (χ1n) is 8.07. The third-order valence-electron chi connectivity index (χ3n) is 3.42. The Morgan fingerprint density at radius 2 is 1.68 bits per heavy atom. The van der Waals surface area contributed by atoms with Gasteiger partial charge in [0.1, 0.15) is 0 Å². The Kier molecular flexibility index (Phi) is 7.64. The largest absolute Gasteiger partial charge is 0.348 e. The van der Waals surface area contributed by atoms with E-state index in [1.807, 2.05) is 13.8 Å². The first-order chi connectivity index (χ1) is 10.4. The van der Waals surface area contributed by atoms with E-state index in [-0.39, 0.29) is 24.4 Å². The average Bonchev–Trinajstić information content (AvgIpc) is 2.45. The highest BCUT2D eigenvalue weighted by Gasteiger charge is 2.10. The molecule has 4 nitrogen and oxygen atoms in total. The van der Waals surface area contributed by atoms with Crippen molar-refractivity contribution in [3.8, 4) is 0 Å². The summed E-state index contributed by atoms with van der Waals surface area (Å²) >= 11 is 0. The van der Waals surface area contributed by atoms with E-state index < -0.39 is 0 Å². The van der Waals surface area contributed by atoms with Gasteiger partial charge in [0, 0.05) is 6.42 Å². The van der Waals surface area contributed by atoms with Crippen molar-refractivity contribution in [1.29, 1.82) is 0 Å². The Hall–Kier alpha value is -1.84. The molecule has 1 aromatic carbocycles. The molecule has 0 radical (unpaired) electrons. The van der Waals surface area contributed by atoms with E-state index in [0.717, 1.165) is 18.4 Å². The molecule has 4 heteroatoms. The van der Waals surface area contributed by atoms with Gasteiger partial charge in [-0.25, -0.2) is 0 Å². The molecular weight excluding hydrogens is 276 g/mol. The molecule has 1 rings (SSSR count). The molecular formula is C18H28N2O2. The quantitative estimate of drug-likeness (QED) is 0.775. The molecule has 22 heavy (non-hydrogen) atoms. The van der Waals surface area contributed by atoms with Crippen LogP contribution in [0.15, 0.2) is 24.3 Å². The minimum absolute atomic E-state index is 0.0363. The minimum Gasteiger partial charge on any atom is -0.348 e. The van der Waals surface area contributed by atoms with E-state index >= 15 is 0 Å². The number of rotatable bonds is 8. The van der Waals surface area contributed by atoms with Gasteiger partial charge in [0.15, 0.2) is 0 Å². The zero-order valence-electron chi connectivity index (χ0n) is 14.1. The van der Waals surface area contributed by atoms with Gasteiger partial charge in [-0.1, -0.05) is 45.0 Å². The van der Waals surface area contributed by atoms with Crippen molar-refractivity contribution in [2.75, 3.05) is 6.54 Å². The number of amides is 2. The molecule has 0 aliphatic heterocycles. The van der Waals surface area contributed by atoms with Crippen LogP contribution in [0.25, 0.3) is 0 Å². The Balaban J connectivity index is 2.45. The Morgan fingerprint density at radius 1 is 1.05 bits per heavy atom. The fourth-order valence-electron chi connectivity index (χ4n) is 2.28. The second-order valence-corrected chi connectivity index (χ2v) is 6.16. The van der Waals surface area contributed by atoms with Crippen molar-refractivity contribution in [3.05, 3.63) is 35.4 Å². The maximum Gasteiger partial charge on any atom is 0.239 e. The summed E-state index contributed by atoms with van der Waals surface area (Å²) in [5.74, 6) is 0.390. The second-order valence-electron chi connectivity index (χ2n) is 6.16. The van der Waals surface area contributed by atoms with Crippen LogP contribution in [0.1, 0.15) is 57.7 Å². The number of benzene rings is 1. The summed E-state index contributed by atoms with van der Waals surface area (Å²) in [5.41, 5.74) is 2.38. The molecule has 0 unspecified atom stereocenters. The summed E-state index contributed by atoms with van der Waals surface area (Å²) in [7, 11) is 0. The van der Waals surface area contributed by atoms with Crippen LogP contribution < -0.4 is 10.6 Å². The van der Waals surface area contributed by atoms with Crippen LogP contribution in [-0.4, -0.2) is 18.4 Å². The maximum atomic E-state index is 11.8. The van der Waals surface area contributed by atoms with Gasteiger partial charge in [-0.2, -0.15) is 0 Å². The van der Waals surface area contributed by atoms with Gasteiger partial charge < -0.3 is 10.6 Å². The van der Waals surface area contributed by atoms with E-state index in [1.54, 1.807) is 0 Å². The highest BCUT2D eigenvalue weighted by Crippen LogP contribution is 2.15. The summed E-state index contributed by atoms with van der Waals surface area (Å²) in [4.78, 5) is 23.2. The molecule has 0 saturated carbocycles. The van der Waals surface area contributed by atoms with Crippen LogP contribution in [0.5, 0.6) is 0 Å². The van der Waals surface area contributed by atoms with Gasteiger partial charge in [-0.15, -0.1) is 0 Å². The number of hydrogen-bond donors (Lipinski definition) is 2. The lowest BCUT2D eigenvalue weighted by molar-refractivity contribution is -0.126. The lowest BCUT2D eigenvalue weighted by Crippen LogP contribution is -2.37. The summed E-state index contributed by atoms with van der Waals surface area (Å²) < 4.78 is 0. The summed E-state index contributed by atoms with van der Waals surface area (Å²) in [5, 5.41) is 5.52. The Morgan fingerprint density at radius 3 is 2.23 bits per heavy atom. The van der Waals surface area contributed by atoms with Gasteiger partial charge >= 0.3 is 0 Å².